The Kier molecular flexibility index (Phi) is 4.58. The number of aromatic nitrogens is 1. The predicted octanol–water partition coefficient (Wildman–Crippen LogP) is 3.57. The number of aromatic amines is 1. The Bertz CT molecular complexity index is 856. The van der Waals surface area contributed by atoms with Crippen molar-refractivity contribution in [2.45, 2.75) is 25.8 Å². The summed E-state index contributed by atoms with van der Waals surface area (Å²) in [6, 6.07) is 11.3. The third-order valence-corrected chi connectivity index (χ3v) is 4.49. The predicted molar refractivity (Wildman–Crippen MR) is 95.3 cm³/mol. The number of nitrogens with zero attached hydrogens (tertiary/aromatic N) is 1. The second-order valence-corrected chi connectivity index (χ2v) is 6.62. The number of halogens is 1. The molecule has 3 rings (SSSR count). The van der Waals surface area contributed by atoms with Crippen LogP contribution in [0.2, 0.25) is 0 Å². The topological polar surface area (TPSA) is 53.2 Å². The van der Waals surface area contributed by atoms with Crippen molar-refractivity contribution < 1.29 is 4.79 Å². The fourth-order valence-corrected chi connectivity index (χ4v) is 3.39. The zero-order chi connectivity index (χ0) is 17.3. The number of fused-ring (bicyclic) bond motifs is 1. The number of carbonyl (C=O) groups is 1. The van der Waals surface area contributed by atoms with E-state index in [-0.39, 0.29) is 29.6 Å². The van der Waals surface area contributed by atoms with E-state index in [0.717, 1.165) is 24.1 Å². The Balaban J connectivity index is 2.00. The Hall–Kier alpha value is -2.33. The second-order valence-electron chi connectivity index (χ2n) is 6.09. The van der Waals surface area contributed by atoms with E-state index < -0.39 is 0 Å². The Labute approximate surface area is 145 Å². The van der Waals surface area contributed by atoms with E-state index in [1.165, 1.54) is 5.56 Å². The fraction of sp³-hybridized carbons (Fsp3) is 0.263. The normalized spacial score (nSPS) is 15.8. The molecule has 1 aromatic carbocycles. The number of pyridine rings is 1. The first-order valence-electron chi connectivity index (χ1n) is 7.89. The molecule has 1 unspecified atom stereocenters. The highest BCUT2D eigenvalue weighted by Gasteiger charge is 2.32. The summed E-state index contributed by atoms with van der Waals surface area (Å²) in [7, 11) is 0. The first-order valence-corrected chi connectivity index (χ1v) is 8.27. The molecule has 1 amide bonds. The zero-order valence-corrected chi connectivity index (χ0v) is 14.3. The van der Waals surface area contributed by atoms with E-state index in [9.17, 15) is 9.59 Å². The third kappa shape index (κ3) is 3.15. The maximum Gasteiger partial charge on any atom is 0.260 e. The van der Waals surface area contributed by atoms with Gasteiger partial charge in [0.05, 0.1) is 12.6 Å². The summed E-state index contributed by atoms with van der Waals surface area (Å²) in [5.41, 5.74) is 2.82. The van der Waals surface area contributed by atoms with E-state index in [1.807, 2.05) is 18.2 Å². The minimum atomic E-state index is -0.378. The van der Waals surface area contributed by atoms with E-state index in [1.54, 1.807) is 24.0 Å². The largest absolute Gasteiger partial charge is 0.326 e. The van der Waals surface area contributed by atoms with E-state index in [2.05, 4.69) is 17.6 Å². The average Bonchev–Trinajstić information content (AvgIpc) is 2.96. The highest BCUT2D eigenvalue weighted by molar-refractivity contribution is 6.29. The summed E-state index contributed by atoms with van der Waals surface area (Å²) >= 11 is 6.00. The van der Waals surface area contributed by atoms with Gasteiger partial charge in [-0.15, -0.1) is 0 Å². The molecule has 1 atom stereocenters. The summed E-state index contributed by atoms with van der Waals surface area (Å²) in [5, 5.41) is 0.372. The van der Waals surface area contributed by atoms with Gasteiger partial charge in [-0.05, 0) is 43.0 Å². The summed E-state index contributed by atoms with van der Waals surface area (Å²) in [6.45, 7) is 5.71. The van der Waals surface area contributed by atoms with Crippen molar-refractivity contribution in [3.63, 3.8) is 0 Å². The Morgan fingerprint density at radius 3 is 2.79 bits per heavy atom. The van der Waals surface area contributed by atoms with Crippen LogP contribution in [0.15, 0.2) is 52.8 Å². The standard InChI is InChI=1S/C19H19ClN2O2/c1-12(20)11-22(17-10-8-14-5-3-4-6-15(14)17)19(24)16-9-7-13(2)21-18(16)23/h3-7,9,17H,1,8,10-11H2,2H3,(H,21,23). The quantitative estimate of drug-likeness (QED) is 0.923. The summed E-state index contributed by atoms with van der Waals surface area (Å²) < 4.78 is 0. The van der Waals surface area contributed by atoms with Crippen LogP contribution < -0.4 is 5.56 Å². The van der Waals surface area contributed by atoms with Crippen LogP contribution in [0.1, 0.15) is 39.6 Å². The molecule has 2 aromatic rings. The molecular weight excluding hydrogens is 324 g/mol. The number of carbonyl (C=O) groups excluding carboxylic acids is 1. The molecule has 0 saturated heterocycles. The number of nitrogens with one attached hydrogen (secondary N) is 1. The van der Waals surface area contributed by atoms with Crippen LogP contribution in [0.4, 0.5) is 0 Å². The number of hydrogen-bond acceptors (Lipinski definition) is 2. The smallest absolute Gasteiger partial charge is 0.260 e. The van der Waals surface area contributed by atoms with Crippen molar-refractivity contribution in [1.82, 2.24) is 9.88 Å². The minimum absolute atomic E-state index is 0.0927. The van der Waals surface area contributed by atoms with Gasteiger partial charge in [-0.1, -0.05) is 42.4 Å². The fourth-order valence-electron chi connectivity index (χ4n) is 3.26. The lowest BCUT2D eigenvalue weighted by Gasteiger charge is -2.29. The van der Waals surface area contributed by atoms with Gasteiger partial charge in [0.1, 0.15) is 5.56 Å². The van der Waals surface area contributed by atoms with Crippen molar-refractivity contribution in [1.29, 1.82) is 0 Å². The van der Waals surface area contributed by atoms with Gasteiger partial charge >= 0.3 is 0 Å². The lowest BCUT2D eigenvalue weighted by atomic mass is 10.1. The first kappa shape index (κ1) is 16.5. The van der Waals surface area contributed by atoms with Crippen LogP contribution >= 0.6 is 11.6 Å². The first-order chi connectivity index (χ1) is 11.5. The molecule has 1 aromatic heterocycles. The third-order valence-electron chi connectivity index (χ3n) is 4.37. The van der Waals surface area contributed by atoms with Gasteiger partial charge in [-0.2, -0.15) is 0 Å². The van der Waals surface area contributed by atoms with Crippen LogP contribution in [-0.2, 0) is 6.42 Å². The van der Waals surface area contributed by atoms with Crippen molar-refractivity contribution in [3.05, 3.63) is 80.7 Å². The van der Waals surface area contributed by atoms with Gasteiger partial charge in [0.2, 0.25) is 0 Å². The Morgan fingerprint density at radius 2 is 2.08 bits per heavy atom. The van der Waals surface area contributed by atoms with E-state index in [0.29, 0.717) is 5.03 Å². The van der Waals surface area contributed by atoms with Crippen LogP contribution in [-0.4, -0.2) is 22.3 Å². The molecule has 1 N–H and O–H groups in total. The van der Waals surface area contributed by atoms with Crippen LogP contribution in [0, 0.1) is 6.92 Å². The molecule has 24 heavy (non-hydrogen) atoms. The van der Waals surface area contributed by atoms with Gasteiger partial charge < -0.3 is 9.88 Å². The molecule has 124 valence electrons. The molecule has 0 aliphatic heterocycles. The number of H-pyrrole nitrogens is 1. The monoisotopic (exact) mass is 342 g/mol. The number of amides is 1. The van der Waals surface area contributed by atoms with Gasteiger partial charge in [-0.3, -0.25) is 9.59 Å². The molecular formula is C19H19ClN2O2. The minimum Gasteiger partial charge on any atom is -0.326 e. The molecule has 0 spiro atoms. The number of hydrogen-bond donors (Lipinski definition) is 1. The molecule has 0 saturated carbocycles. The van der Waals surface area contributed by atoms with Gasteiger partial charge in [0.25, 0.3) is 11.5 Å². The number of rotatable bonds is 4. The second kappa shape index (κ2) is 6.65. The lowest BCUT2D eigenvalue weighted by molar-refractivity contribution is 0.0697. The molecule has 1 heterocycles. The molecule has 0 radical (unpaired) electrons. The van der Waals surface area contributed by atoms with E-state index in [4.69, 9.17) is 11.6 Å². The maximum atomic E-state index is 13.0. The highest BCUT2D eigenvalue weighted by atomic mass is 35.5. The lowest BCUT2D eigenvalue weighted by Crippen LogP contribution is -2.38. The molecule has 1 aliphatic rings. The molecule has 1 aliphatic carbocycles. The zero-order valence-electron chi connectivity index (χ0n) is 13.5. The SMILES string of the molecule is C=C(Cl)CN(C(=O)c1ccc(C)[nH]c1=O)C1CCc2ccccc21. The summed E-state index contributed by atoms with van der Waals surface area (Å²) in [5.74, 6) is -0.320. The number of benzene rings is 1. The maximum absolute atomic E-state index is 13.0. The average molecular weight is 343 g/mol. The highest BCUT2D eigenvalue weighted by Crippen LogP contribution is 2.36. The van der Waals surface area contributed by atoms with Crippen LogP contribution in [0.5, 0.6) is 0 Å². The molecule has 5 heteroatoms. The Morgan fingerprint density at radius 1 is 1.33 bits per heavy atom. The van der Waals surface area contributed by atoms with Crippen LogP contribution in [0.25, 0.3) is 0 Å². The van der Waals surface area contributed by atoms with E-state index >= 15 is 0 Å². The molecule has 0 bridgehead atoms. The van der Waals surface area contributed by atoms with Crippen molar-refractivity contribution in [3.8, 4) is 0 Å². The van der Waals surface area contributed by atoms with Crippen LogP contribution in [0.3, 0.4) is 0 Å². The summed E-state index contributed by atoms with van der Waals surface area (Å²) in [4.78, 5) is 29.5. The van der Waals surface area contributed by atoms with Gasteiger partial charge in [-0.25, -0.2) is 0 Å². The van der Waals surface area contributed by atoms with Crippen molar-refractivity contribution in [2.24, 2.45) is 0 Å². The number of aryl methyl sites for hydroxylation is 2. The van der Waals surface area contributed by atoms with Crippen molar-refractivity contribution in [2.75, 3.05) is 6.54 Å². The van der Waals surface area contributed by atoms with Crippen molar-refractivity contribution >= 4 is 17.5 Å². The van der Waals surface area contributed by atoms with Gasteiger partial charge in [0, 0.05) is 10.7 Å². The molecule has 0 fully saturated rings. The van der Waals surface area contributed by atoms with Gasteiger partial charge in [0.15, 0.2) is 0 Å². The molecule has 4 nitrogen and oxygen atoms in total. The summed E-state index contributed by atoms with van der Waals surface area (Å²) in [6.07, 6.45) is 1.72.